The van der Waals surface area contributed by atoms with Gasteiger partial charge in [0.05, 0.1) is 0 Å². The summed E-state index contributed by atoms with van der Waals surface area (Å²) in [6.45, 7) is 3.66. The van der Waals surface area contributed by atoms with Crippen molar-refractivity contribution in [2.24, 2.45) is 11.8 Å². The van der Waals surface area contributed by atoms with E-state index < -0.39 is 0 Å². The highest BCUT2D eigenvalue weighted by molar-refractivity contribution is 8.00. The zero-order valence-electron chi connectivity index (χ0n) is 17.1. The zero-order valence-corrected chi connectivity index (χ0v) is 17.9. The molecule has 0 bridgehead atoms. The maximum Gasteiger partial charge on any atom is 0.246 e. The van der Waals surface area contributed by atoms with Crippen molar-refractivity contribution in [1.29, 1.82) is 0 Å². The van der Waals surface area contributed by atoms with Crippen LogP contribution in [-0.2, 0) is 4.79 Å². The Morgan fingerprint density at radius 2 is 1.79 bits per heavy atom. The van der Waals surface area contributed by atoms with Gasteiger partial charge in [-0.25, -0.2) is 4.39 Å². The van der Waals surface area contributed by atoms with E-state index in [-0.39, 0.29) is 11.7 Å². The molecule has 28 heavy (non-hydrogen) atoms. The predicted octanol–water partition coefficient (Wildman–Crippen LogP) is 6.17. The highest BCUT2D eigenvalue weighted by Crippen LogP contribution is 2.42. The third-order valence-electron chi connectivity index (χ3n) is 6.40. The van der Waals surface area contributed by atoms with Gasteiger partial charge in [-0.05, 0) is 54.7 Å². The monoisotopic (exact) mass is 403 g/mol. The molecule has 2 atom stereocenters. The van der Waals surface area contributed by atoms with Crippen LogP contribution in [0, 0.1) is 17.7 Å². The third kappa shape index (κ3) is 6.10. The van der Waals surface area contributed by atoms with Crippen molar-refractivity contribution in [1.82, 2.24) is 4.90 Å². The first kappa shape index (κ1) is 21.4. The number of halogens is 1. The van der Waals surface area contributed by atoms with Crippen LogP contribution < -0.4 is 0 Å². The Kier molecular flexibility index (Phi) is 8.44. The van der Waals surface area contributed by atoms with Gasteiger partial charge in [0.15, 0.2) is 0 Å². The molecular formula is C24H34FNOS. The fourth-order valence-corrected chi connectivity index (χ4v) is 6.35. The highest BCUT2D eigenvalue weighted by Gasteiger charge is 2.35. The first-order valence-electron chi connectivity index (χ1n) is 11.0. The summed E-state index contributed by atoms with van der Waals surface area (Å²) in [6, 6.07) is 6.26. The molecule has 1 aromatic rings. The van der Waals surface area contributed by atoms with Crippen LogP contribution >= 0.6 is 11.8 Å². The summed E-state index contributed by atoms with van der Waals surface area (Å²) in [7, 11) is 0. The highest BCUT2D eigenvalue weighted by atomic mass is 32.2. The average Bonchev–Trinajstić information content (AvgIpc) is 3.13. The van der Waals surface area contributed by atoms with E-state index in [2.05, 4.69) is 18.7 Å². The molecule has 1 saturated heterocycles. The van der Waals surface area contributed by atoms with Gasteiger partial charge >= 0.3 is 0 Å². The van der Waals surface area contributed by atoms with E-state index in [1.54, 1.807) is 24.3 Å². The summed E-state index contributed by atoms with van der Waals surface area (Å²) in [5.41, 5.74) is 0.855. The van der Waals surface area contributed by atoms with Crippen molar-refractivity contribution in [3.05, 3.63) is 41.7 Å². The molecule has 154 valence electrons. The lowest BCUT2D eigenvalue weighted by atomic mass is 9.79. The zero-order chi connectivity index (χ0) is 19.8. The minimum absolute atomic E-state index is 0.0655. The number of nitrogens with zero attached hydrogens (tertiary/aromatic N) is 1. The Bertz CT molecular complexity index is 637. The molecule has 0 spiro atoms. The van der Waals surface area contributed by atoms with Gasteiger partial charge in [-0.3, -0.25) is 4.79 Å². The average molecular weight is 404 g/mol. The molecule has 3 rings (SSSR count). The van der Waals surface area contributed by atoms with Crippen molar-refractivity contribution in [3.63, 3.8) is 0 Å². The quantitative estimate of drug-likeness (QED) is 0.529. The van der Waals surface area contributed by atoms with Crippen LogP contribution in [0.3, 0.4) is 0 Å². The normalized spacial score (nSPS) is 24.2. The third-order valence-corrected chi connectivity index (χ3v) is 7.80. The number of thioether (sulfide) groups is 1. The summed E-state index contributed by atoms with van der Waals surface area (Å²) >= 11 is 2.07. The second-order valence-electron chi connectivity index (χ2n) is 8.23. The molecule has 1 heterocycles. The van der Waals surface area contributed by atoms with Gasteiger partial charge in [-0.15, -0.1) is 0 Å². The second kappa shape index (κ2) is 11.0. The van der Waals surface area contributed by atoms with E-state index in [0.717, 1.165) is 30.5 Å². The van der Waals surface area contributed by atoms with Crippen LogP contribution in [0.4, 0.5) is 4.39 Å². The minimum atomic E-state index is -0.253. The van der Waals surface area contributed by atoms with Crippen LogP contribution in [0.25, 0.3) is 6.08 Å². The Hall–Kier alpha value is -1.29. The smallest absolute Gasteiger partial charge is 0.246 e. The molecule has 1 aliphatic carbocycles. The molecule has 1 aliphatic heterocycles. The fraction of sp³-hybridized carbons (Fsp3) is 0.625. The number of likely N-dealkylation sites (N-methyl/N-ethyl adjacent to an activating group) is 1. The second-order valence-corrected chi connectivity index (χ2v) is 9.58. The van der Waals surface area contributed by atoms with Gasteiger partial charge in [-0.2, -0.15) is 11.8 Å². The lowest BCUT2D eigenvalue weighted by Gasteiger charge is -2.32. The summed E-state index contributed by atoms with van der Waals surface area (Å²) in [6.07, 6.45) is 14.5. The molecular weight excluding hydrogens is 369 g/mol. The Morgan fingerprint density at radius 3 is 2.46 bits per heavy atom. The van der Waals surface area contributed by atoms with Gasteiger partial charge in [0.1, 0.15) is 5.82 Å². The largest absolute Gasteiger partial charge is 0.338 e. The van der Waals surface area contributed by atoms with Crippen LogP contribution in [0.15, 0.2) is 30.3 Å². The lowest BCUT2D eigenvalue weighted by molar-refractivity contribution is -0.125. The van der Waals surface area contributed by atoms with E-state index in [0.29, 0.717) is 5.25 Å². The van der Waals surface area contributed by atoms with Gasteiger partial charge in [0.2, 0.25) is 5.91 Å². The maximum absolute atomic E-state index is 13.0. The maximum atomic E-state index is 13.0. The molecule has 0 radical (unpaired) electrons. The molecule has 1 amide bonds. The van der Waals surface area contributed by atoms with Gasteiger partial charge in [0.25, 0.3) is 0 Å². The van der Waals surface area contributed by atoms with Crippen LogP contribution in [0.2, 0.25) is 0 Å². The summed E-state index contributed by atoms with van der Waals surface area (Å²) < 4.78 is 13.0. The molecule has 0 aromatic heterocycles. The van der Waals surface area contributed by atoms with E-state index in [4.69, 9.17) is 0 Å². The fourth-order valence-electron chi connectivity index (χ4n) is 4.75. The standard InChI is InChI=1S/C24H34FNOS/c1-2-26(24(27)15-12-19-10-13-21(25)14-11-19)18-23-22(16-17-28-23)20-8-6-4-3-5-7-9-20/h10-15,20,22-23H,2-9,16-18H2,1H3/b15-12+. The Balaban J connectivity index is 1.58. The van der Waals surface area contributed by atoms with Crippen LogP contribution in [0.1, 0.15) is 63.9 Å². The molecule has 0 N–H and O–H groups in total. The summed E-state index contributed by atoms with van der Waals surface area (Å²) in [5, 5.41) is 0.576. The number of hydrogen-bond donors (Lipinski definition) is 0. The van der Waals surface area contributed by atoms with Crippen molar-refractivity contribution in [2.75, 3.05) is 18.8 Å². The number of carbonyl (C=O) groups excluding carboxylic acids is 1. The lowest BCUT2D eigenvalue weighted by Crippen LogP contribution is -2.38. The molecule has 2 fully saturated rings. The van der Waals surface area contributed by atoms with Crippen LogP contribution in [-0.4, -0.2) is 34.9 Å². The number of amides is 1. The van der Waals surface area contributed by atoms with Gasteiger partial charge in [-0.1, -0.05) is 57.1 Å². The van der Waals surface area contributed by atoms with E-state index >= 15 is 0 Å². The first-order valence-corrected chi connectivity index (χ1v) is 12.1. The number of benzene rings is 1. The van der Waals surface area contributed by atoms with Crippen molar-refractivity contribution < 1.29 is 9.18 Å². The van der Waals surface area contributed by atoms with Gasteiger partial charge < -0.3 is 4.90 Å². The molecule has 1 aromatic carbocycles. The SMILES string of the molecule is CCN(CC1SCCC1C1CCCCCCC1)C(=O)/C=C/c1ccc(F)cc1. The van der Waals surface area contributed by atoms with Crippen molar-refractivity contribution in [3.8, 4) is 0 Å². The number of hydrogen-bond acceptors (Lipinski definition) is 2. The van der Waals surface area contributed by atoms with Crippen molar-refractivity contribution >= 4 is 23.7 Å². The minimum Gasteiger partial charge on any atom is -0.338 e. The molecule has 4 heteroatoms. The summed E-state index contributed by atoms with van der Waals surface area (Å²) in [5.74, 6) is 2.67. The number of rotatable bonds is 6. The Labute approximate surface area is 174 Å². The molecule has 2 nitrogen and oxygen atoms in total. The summed E-state index contributed by atoms with van der Waals surface area (Å²) in [4.78, 5) is 14.7. The van der Waals surface area contributed by atoms with E-state index in [1.807, 2.05) is 4.90 Å². The van der Waals surface area contributed by atoms with Crippen LogP contribution in [0.5, 0.6) is 0 Å². The predicted molar refractivity (Wildman–Crippen MR) is 118 cm³/mol. The first-order chi connectivity index (χ1) is 13.7. The van der Waals surface area contributed by atoms with E-state index in [1.165, 1.54) is 69.3 Å². The molecule has 2 unspecified atom stereocenters. The van der Waals surface area contributed by atoms with Crippen molar-refractivity contribution in [2.45, 2.75) is 63.5 Å². The van der Waals surface area contributed by atoms with Gasteiger partial charge in [0, 0.05) is 24.4 Å². The Morgan fingerprint density at radius 1 is 1.11 bits per heavy atom. The topological polar surface area (TPSA) is 20.3 Å². The number of carbonyl (C=O) groups is 1. The molecule has 1 saturated carbocycles. The van der Waals surface area contributed by atoms with E-state index in [9.17, 15) is 9.18 Å². The molecule has 2 aliphatic rings.